The lowest BCUT2D eigenvalue weighted by molar-refractivity contribution is 0.126. The van der Waals surface area contributed by atoms with Crippen molar-refractivity contribution in [3.05, 3.63) is 24.3 Å². The Hall–Kier alpha value is -0.870. The predicted octanol–water partition coefficient (Wildman–Crippen LogP) is 1.76. The molecule has 0 aliphatic carbocycles. The Morgan fingerprint density at radius 2 is 2.33 bits per heavy atom. The van der Waals surface area contributed by atoms with Crippen LogP contribution in [0.4, 0.5) is 5.69 Å². The van der Waals surface area contributed by atoms with Gasteiger partial charge < -0.3 is 15.6 Å². The molecule has 0 heterocycles. The molecule has 0 aliphatic rings. The van der Waals surface area contributed by atoms with Crippen molar-refractivity contribution in [2.45, 2.75) is 13.0 Å². The minimum atomic E-state index is -0.420. The number of nitrogen functional groups attached to an aromatic ring is 1. The number of benzene rings is 1. The SMILES string of the molecule is CCSCC(O)COc1cccc(N)c1. The molecule has 3 N–H and O–H groups in total. The smallest absolute Gasteiger partial charge is 0.121 e. The Morgan fingerprint density at radius 3 is 3.00 bits per heavy atom. The maximum absolute atomic E-state index is 9.53. The van der Waals surface area contributed by atoms with E-state index in [2.05, 4.69) is 6.92 Å². The Morgan fingerprint density at radius 1 is 1.53 bits per heavy atom. The number of aliphatic hydroxyl groups is 1. The van der Waals surface area contributed by atoms with E-state index in [0.717, 1.165) is 5.75 Å². The first-order chi connectivity index (χ1) is 7.22. The summed E-state index contributed by atoms with van der Waals surface area (Å²) in [6, 6.07) is 7.21. The zero-order valence-corrected chi connectivity index (χ0v) is 9.67. The highest BCUT2D eigenvalue weighted by Gasteiger charge is 2.04. The summed E-state index contributed by atoms with van der Waals surface area (Å²) in [4.78, 5) is 0. The zero-order chi connectivity index (χ0) is 11.1. The standard InChI is InChI=1S/C11H17NO2S/c1-2-15-8-10(13)7-14-11-5-3-4-9(12)6-11/h3-6,10,13H,2,7-8,12H2,1H3. The number of thioether (sulfide) groups is 1. The van der Waals surface area contributed by atoms with Gasteiger partial charge in [-0.25, -0.2) is 0 Å². The number of anilines is 1. The lowest BCUT2D eigenvalue weighted by atomic mass is 10.3. The van der Waals surface area contributed by atoms with Gasteiger partial charge in [0, 0.05) is 17.5 Å². The van der Waals surface area contributed by atoms with Gasteiger partial charge in [-0.2, -0.15) is 11.8 Å². The average Bonchev–Trinajstić information content (AvgIpc) is 2.23. The third kappa shape index (κ3) is 4.95. The molecule has 1 rings (SSSR count). The van der Waals surface area contributed by atoms with Crippen molar-refractivity contribution >= 4 is 17.4 Å². The summed E-state index contributed by atoms with van der Waals surface area (Å²) < 4.78 is 5.40. The van der Waals surface area contributed by atoms with E-state index in [1.807, 2.05) is 12.1 Å². The maximum atomic E-state index is 9.53. The Bertz CT molecular complexity index is 294. The summed E-state index contributed by atoms with van der Waals surface area (Å²) >= 11 is 1.70. The molecule has 1 unspecified atom stereocenters. The van der Waals surface area contributed by atoms with Gasteiger partial charge in [0.15, 0.2) is 0 Å². The molecule has 4 heteroatoms. The molecule has 0 saturated carbocycles. The minimum absolute atomic E-state index is 0.316. The monoisotopic (exact) mass is 227 g/mol. The van der Waals surface area contributed by atoms with Crippen LogP contribution in [0.25, 0.3) is 0 Å². The van der Waals surface area contributed by atoms with E-state index in [1.165, 1.54) is 0 Å². The van der Waals surface area contributed by atoms with Crippen molar-refractivity contribution in [2.75, 3.05) is 23.8 Å². The van der Waals surface area contributed by atoms with Crippen LogP contribution >= 0.6 is 11.8 Å². The molecule has 0 radical (unpaired) electrons. The van der Waals surface area contributed by atoms with Crippen molar-refractivity contribution < 1.29 is 9.84 Å². The highest BCUT2D eigenvalue weighted by Crippen LogP contribution is 2.15. The Balaban J connectivity index is 2.30. The van der Waals surface area contributed by atoms with Crippen LogP contribution in [0.15, 0.2) is 24.3 Å². The fourth-order valence-corrected chi connectivity index (χ4v) is 1.70. The maximum Gasteiger partial charge on any atom is 0.121 e. The Kier molecular flexibility index (Phi) is 5.36. The summed E-state index contributed by atoms with van der Waals surface area (Å²) in [5.74, 6) is 2.42. The topological polar surface area (TPSA) is 55.5 Å². The van der Waals surface area contributed by atoms with E-state index in [1.54, 1.807) is 23.9 Å². The van der Waals surface area contributed by atoms with Gasteiger partial charge in [-0.3, -0.25) is 0 Å². The minimum Gasteiger partial charge on any atom is -0.491 e. The first-order valence-electron chi connectivity index (χ1n) is 4.96. The molecule has 0 aromatic heterocycles. The first-order valence-corrected chi connectivity index (χ1v) is 6.12. The van der Waals surface area contributed by atoms with Crippen molar-refractivity contribution in [1.82, 2.24) is 0 Å². The molecule has 0 bridgehead atoms. The van der Waals surface area contributed by atoms with Crippen LogP contribution < -0.4 is 10.5 Å². The van der Waals surface area contributed by atoms with E-state index in [-0.39, 0.29) is 0 Å². The van der Waals surface area contributed by atoms with E-state index in [9.17, 15) is 5.11 Å². The summed E-state index contributed by atoms with van der Waals surface area (Å²) in [6.45, 7) is 2.38. The quantitative estimate of drug-likeness (QED) is 0.727. The van der Waals surface area contributed by atoms with E-state index in [0.29, 0.717) is 23.8 Å². The van der Waals surface area contributed by atoms with Crippen molar-refractivity contribution in [3.8, 4) is 5.75 Å². The molecule has 84 valence electrons. The summed E-state index contributed by atoms with van der Waals surface area (Å²) in [7, 11) is 0. The number of hydrogen-bond acceptors (Lipinski definition) is 4. The van der Waals surface area contributed by atoms with Gasteiger partial charge in [0.2, 0.25) is 0 Å². The second-order valence-electron chi connectivity index (χ2n) is 3.20. The summed E-state index contributed by atoms with van der Waals surface area (Å²) in [5, 5.41) is 9.53. The van der Waals surface area contributed by atoms with Crippen LogP contribution in [0.2, 0.25) is 0 Å². The molecule has 3 nitrogen and oxygen atoms in total. The first kappa shape index (κ1) is 12.2. The average molecular weight is 227 g/mol. The zero-order valence-electron chi connectivity index (χ0n) is 8.85. The lowest BCUT2D eigenvalue weighted by Gasteiger charge is -2.11. The van der Waals surface area contributed by atoms with Crippen molar-refractivity contribution in [1.29, 1.82) is 0 Å². The van der Waals surface area contributed by atoms with Crippen LogP contribution in [0.1, 0.15) is 6.92 Å². The molecule has 0 fully saturated rings. The molecule has 0 spiro atoms. The van der Waals surface area contributed by atoms with E-state index in [4.69, 9.17) is 10.5 Å². The molecule has 15 heavy (non-hydrogen) atoms. The Labute approximate surface area is 94.6 Å². The number of rotatable bonds is 6. The van der Waals surface area contributed by atoms with Gasteiger partial charge in [-0.05, 0) is 17.9 Å². The molecular formula is C11H17NO2S. The van der Waals surface area contributed by atoms with Gasteiger partial charge in [-0.15, -0.1) is 0 Å². The third-order valence-electron chi connectivity index (χ3n) is 1.81. The number of ether oxygens (including phenoxy) is 1. The van der Waals surface area contributed by atoms with Gasteiger partial charge >= 0.3 is 0 Å². The van der Waals surface area contributed by atoms with Crippen LogP contribution in [-0.4, -0.2) is 29.3 Å². The van der Waals surface area contributed by atoms with Crippen LogP contribution in [0.3, 0.4) is 0 Å². The highest BCUT2D eigenvalue weighted by molar-refractivity contribution is 7.99. The largest absolute Gasteiger partial charge is 0.491 e. The molecule has 1 atom stereocenters. The van der Waals surface area contributed by atoms with Crippen LogP contribution in [0.5, 0.6) is 5.75 Å². The number of nitrogens with two attached hydrogens (primary N) is 1. The molecule has 0 aliphatic heterocycles. The van der Waals surface area contributed by atoms with Crippen molar-refractivity contribution in [2.24, 2.45) is 0 Å². The number of aliphatic hydroxyl groups excluding tert-OH is 1. The van der Waals surface area contributed by atoms with Crippen molar-refractivity contribution in [3.63, 3.8) is 0 Å². The van der Waals surface area contributed by atoms with Crippen LogP contribution in [-0.2, 0) is 0 Å². The lowest BCUT2D eigenvalue weighted by Crippen LogP contribution is -2.20. The van der Waals surface area contributed by atoms with Gasteiger partial charge in [0.05, 0.1) is 6.10 Å². The fourth-order valence-electron chi connectivity index (χ4n) is 1.10. The van der Waals surface area contributed by atoms with Gasteiger partial charge in [-0.1, -0.05) is 13.0 Å². The molecule has 0 amide bonds. The van der Waals surface area contributed by atoms with Crippen LogP contribution in [0, 0.1) is 0 Å². The predicted molar refractivity (Wildman–Crippen MR) is 65.4 cm³/mol. The second-order valence-corrected chi connectivity index (χ2v) is 4.52. The van der Waals surface area contributed by atoms with Gasteiger partial charge in [0.25, 0.3) is 0 Å². The molecule has 1 aromatic carbocycles. The van der Waals surface area contributed by atoms with Gasteiger partial charge in [0.1, 0.15) is 12.4 Å². The van der Waals surface area contributed by atoms with E-state index < -0.39 is 6.10 Å². The molecular weight excluding hydrogens is 210 g/mol. The second kappa shape index (κ2) is 6.58. The normalized spacial score (nSPS) is 12.4. The van der Waals surface area contributed by atoms with E-state index >= 15 is 0 Å². The number of hydrogen-bond donors (Lipinski definition) is 2. The summed E-state index contributed by atoms with van der Waals surface area (Å²) in [6.07, 6.45) is -0.420. The molecule has 0 saturated heterocycles. The molecule has 1 aromatic rings. The summed E-state index contributed by atoms with van der Waals surface area (Å²) in [5.41, 5.74) is 6.27. The fraction of sp³-hybridized carbons (Fsp3) is 0.455. The third-order valence-corrected chi connectivity index (χ3v) is 2.84. The highest BCUT2D eigenvalue weighted by atomic mass is 32.2.